The van der Waals surface area contributed by atoms with E-state index in [9.17, 15) is 0 Å². The SMILES string of the molecule is NCc1nc(-c2ccc3ocnc3c2)no1. The summed E-state index contributed by atoms with van der Waals surface area (Å²) in [6.07, 6.45) is 1.40. The third-order valence-electron chi connectivity index (χ3n) is 2.23. The minimum Gasteiger partial charge on any atom is -0.443 e. The van der Waals surface area contributed by atoms with Crippen LogP contribution in [0.2, 0.25) is 0 Å². The number of nitrogens with zero attached hydrogens (tertiary/aromatic N) is 3. The van der Waals surface area contributed by atoms with Gasteiger partial charge in [0.15, 0.2) is 12.0 Å². The number of nitrogens with two attached hydrogens (primary N) is 1. The molecule has 1 aromatic carbocycles. The maximum atomic E-state index is 5.39. The first-order valence-electron chi connectivity index (χ1n) is 4.73. The van der Waals surface area contributed by atoms with Crippen LogP contribution in [0.1, 0.15) is 5.89 Å². The van der Waals surface area contributed by atoms with E-state index in [2.05, 4.69) is 15.1 Å². The number of aromatic nitrogens is 3. The molecular weight excluding hydrogens is 208 g/mol. The Bertz CT molecular complexity index is 628. The topological polar surface area (TPSA) is 91.0 Å². The van der Waals surface area contributed by atoms with Gasteiger partial charge in [0.2, 0.25) is 11.7 Å². The minimum atomic E-state index is 0.235. The van der Waals surface area contributed by atoms with Gasteiger partial charge in [-0.25, -0.2) is 4.98 Å². The monoisotopic (exact) mass is 216 g/mol. The zero-order chi connectivity index (χ0) is 11.0. The average molecular weight is 216 g/mol. The zero-order valence-electron chi connectivity index (χ0n) is 8.25. The Labute approximate surface area is 90.1 Å². The van der Waals surface area contributed by atoms with Gasteiger partial charge in [0, 0.05) is 5.56 Å². The van der Waals surface area contributed by atoms with E-state index in [0.29, 0.717) is 11.7 Å². The van der Waals surface area contributed by atoms with Crippen LogP contribution in [0.3, 0.4) is 0 Å². The predicted molar refractivity (Wildman–Crippen MR) is 55.2 cm³/mol. The van der Waals surface area contributed by atoms with Crippen LogP contribution in [0.4, 0.5) is 0 Å². The highest BCUT2D eigenvalue weighted by Crippen LogP contribution is 2.21. The molecule has 2 N–H and O–H groups in total. The minimum absolute atomic E-state index is 0.235. The van der Waals surface area contributed by atoms with E-state index < -0.39 is 0 Å². The number of oxazole rings is 1. The first-order chi connectivity index (χ1) is 7.86. The third-order valence-corrected chi connectivity index (χ3v) is 2.23. The van der Waals surface area contributed by atoms with Crippen molar-refractivity contribution in [1.82, 2.24) is 15.1 Å². The van der Waals surface area contributed by atoms with Gasteiger partial charge in [0.25, 0.3) is 0 Å². The summed E-state index contributed by atoms with van der Waals surface area (Å²) >= 11 is 0. The Morgan fingerprint density at radius 2 is 2.25 bits per heavy atom. The van der Waals surface area contributed by atoms with Crippen molar-refractivity contribution in [2.24, 2.45) is 5.73 Å². The molecule has 0 unspecified atom stereocenters. The molecule has 16 heavy (non-hydrogen) atoms. The fourth-order valence-corrected chi connectivity index (χ4v) is 1.45. The summed E-state index contributed by atoms with van der Waals surface area (Å²) < 4.78 is 10.1. The number of benzene rings is 1. The molecule has 0 radical (unpaired) electrons. The second-order valence-corrected chi connectivity index (χ2v) is 3.25. The lowest BCUT2D eigenvalue weighted by Gasteiger charge is -1.92. The molecule has 3 aromatic rings. The zero-order valence-corrected chi connectivity index (χ0v) is 8.25. The van der Waals surface area contributed by atoms with Crippen molar-refractivity contribution in [1.29, 1.82) is 0 Å². The Morgan fingerprint density at radius 3 is 3.06 bits per heavy atom. The smallest absolute Gasteiger partial charge is 0.240 e. The molecule has 6 nitrogen and oxygen atoms in total. The van der Waals surface area contributed by atoms with E-state index in [1.54, 1.807) is 0 Å². The average Bonchev–Trinajstić information content (AvgIpc) is 2.96. The largest absolute Gasteiger partial charge is 0.443 e. The molecule has 0 aliphatic carbocycles. The maximum absolute atomic E-state index is 5.39. The van der Waals surface area contributed by atoms with Crippen molar-refractivity contribution >= 4 is 11.1 Å². The highest BCUT2D eigenvalue weighted by Gasteiger charge is 2.08. The van der Waals surface area contributed by atoms with Crippen LogP contribution in [0, 0.1) is 0 Å². The fourth-order valence-electron chi connectivity index (χ4n) is 1.45. The highest BCUT2D eigenvalue weighted by atomic mass is 16.5. The van der Waals surface area contributed by atoms with Crippen LogP contribution in [0.25, 0.3) is 22.5 Å². The number of rotatable bonds is 2. The number of hydrogen-bond acceptors (Lipinski definition) is 6. The van der Waals surface area contributed by atoms with Gasteiger partial charge in [0.05, 0.1) is 6.54 Å². The Balaban J connectivity index is 2.10. The lowest BCUT2D eigenvalue weighted by molar-refractivity contribution is 0.380. The summed E-state index contributed by atoms with van der Waals surface area (Å²) in [5, 5.41) is 3.82. The van der Waals surface area contributed by atoms with Gasteiger partial charge in [-0.15, -0.1) is 0 Å². The van der Waals surface area contributed by atoms with E-state index >= 15 is 0 Å². The van der Waals surface area contributed by atoms with Crippen molar-refractivity contribution in [3.8, 4) is 11.4 Å². The van der Waals surface area contributed by atoms with Gasteiger partial charge in [-0.2, -0.15) is 4.98 Å². The second kappa shape index (κ2) is 3.42. The molecular formula is C10H8N4O2. The second-order valence-electron chi connectivity index (χ2n) is 3.25. The molecule has 0 saturated carbocycles. The van der Waals surface area contributed by atoms with Gasteiger partial charge in [-0.3, -0.25) is 0 Å². The van der Waals surface area contributed by atoms with Crippen LogP contribution in [-0.4, -0.2) is 15.1 Å². The molecule has 0 aliphatic heterocycles. The third kappa shape index (κ3) is 1.36. The van der Waals surface area contributed by atoms with Crippen LogP contribution < -0.4 is 5.73 Å². The van der Waals surface area contributed by atoms with E-state index in [4.69, 9.17) is 14.7 Å². The molecule has 0 fully saturated rings. The summed E-state index contributed by atoms with van der Waals surface area (Å²) in [7, 11) is 0. The molecule has 3 rings (SSSR count). The predicted octanol–water partition coefficient (Wildman–Crippen LogP) is 1.34. The quantitative estimate of drug-likeness (QED) is 0.694. The standard InChI is InChI=1S/C10H8N4O2/c11-4-9-13-10(14-16-9)6-1-2-8-7(3-6)12-5-15-8/h1-3,5H,4,11H2. The molecule has 0 atom stereocenters. The Kier molecular flexibility index (Phi) is 1.94. The molecule has 80 valence electrons. The van der Waals surface area contributed by atoms with Gasteiger partial charge >= 0.3 is 0 Å². The van der Waals surface area contributed by atoms with Crippen LogP contribution >= 0.6 is 0 Å². The van der Waals surface area contributed by atoms with Gasteiger partial charge in [-0.1, -0.05) is 5.16 Å². The summed E-state index contributed by atoms with van der Waals surface area (Å²) in [5.74, 6) is 0.917. The molecule has 0 aliphatic rings. The maximum Gasteiger partial charge on any atom is 0.240 e. The van der Waals surface area contributed by atoms with E-state index in [1.165, 1.54) is 6.39 Å². The van der Waals surface area contributed by atoms with Gasteiger partial charge < -0.3 is 14.7 Å². The molecule has 2 heterocycles. The number of fused-ring (bicyclic) bond motifs is 1. The van der Waals surface area contributed by atoms with Crippen molar-refractivity contribution in [3.05, 3.63) is 30.5 Å². The molecule has 0 bridgehead atoms. The Hall–Kier alpha value is -2.21. The molecule has 2 aromatic heterocycles. The first kappa shape index (κ1) is 9.05. The van der Waals surface area contributed by atoms with Gasteiger partial charge in [0.1, 0.15) is 5.52 Å². The van der Waals surface area contributed by atoms with Crippen LogP contribution in [-0.2, 0) is 6.54 Å². The summed E-state index contributed by atoms with van der Waals surface area (Å²) in [5.41, 5.74) is 7.70. The first-order valence-corrected chi connectivity index (χ1v) is 4.73. The summed E-state index contributed by atoms with van der Waals surface area (Å²) in [4.78, 5) is 8.18. The normalized spacial score (nSPS) is 11.1. The van der Waals surface area contributed by atoms with Crippen LogP contribution in [0.15, 0.2) is 33.5 Å². The van der Waals surface area contributed by atoms with Crippen LogP contribution in [0.5, 0.6) is 0 Å². The molecule has 0 spiro atoms. The molecule has 0 saturated heterocycles. The Morgan fingerprint density at radius 1 is 1.31 bits per heavy atom. The van der Waals surface area contributed by atoms with Crippen molar-refractivity contribution in [2.45, 2.75) is 6.54 Å². The van der Waals surface area contributed by atoms with Gasteiger partial charge in [-0.05, 0) is 18.2 Å². The number of hydrogen-bond donors (Lipinski definition) is 1. The molecule has 6 heteroatoms. The van der Waals surface area contributed by atoms with E-state index in [0.717, 1.165) is 16.7 Å². The summed E-state index contributed by atoms with van der Waals surface area (Å²) in [6.45, 7) is 0.235. The highest BCUT2D eigenvalue weighted by molar-refractivity contribution is 5.78. The van der Waals surface area contributed by atoms with E-state index in [1.807, 2.05) is 18.2 Å². The molecule has 0 amide bonds. The van der Waals surface area contributed by atoms with Crippen molar-refractivity contribution in [3.63, 3.8) is 0 Å². The van der Waals surface area contributed by atoms with E-state index in [-0.39, 0.29) is 6.54 Å². The summed E-state index contributed by atoms with van der Waals surface area (Å²) in [6, 6.07) is 5.50. The fraction of sp³-hybridized carbons (Fsp3) is 0.100. The lowest BCUT2D eigenvalue weighted by Crippen LogP contribution is -1.95. The lowest BCUT2D eigenvalue weighted by atomic mass is 10.2. The van der Waals surface area contributed by atoms with Crippen molar-refractivity contribution < 1.29 is 8.94 Å². The van der Waals surface area contributed by atoms with Crippen molar-refractivity contribution in [2.75, 3.05) is 0 Å².